The number of hydrogen-bond donors (Lipinski definition) is 2. The quantitative estimate of drug-likeness (QED) is 0.569. The molecule has 0 aliphatic heterocycles. The minimum absolute atomic E-state index is 0.0407. The lowest BCUT2D eigenvalue weighted by Gasteiger charge is -2.15. The van der Waals surface area contributed by atoms with Gasteiger partial charge in [0.2, 0.25) is 0 Å². The highest BCUT2D eigenvalue weighted by molar-refractivity contribution is 5.75. The normalized spacial score (nSPS) is 10.9. The molecule has 0 heterocycles. The lowest BCUT2D eigenvalue weighted by molar-refractivity contribution is -0.140. The number of benzene rings is 2. The van der Waals surface area contributed by atoms with Crippen LogP contribution in [0.5, 0.6) is 5.75 Å². The standard InChI is InChI=1S/C16H15F4NO.C4H8O2/c1-8-4-12(16(18,19)20)6-13(22)14(8)10-3-9(2)15(17)11(5-10)7-21;1-3-6-4(2)5/h3-6,22H,7,21H2,1-2H3;3H2,1-2H3. The number of carbonyl (C=O) groups is 1. The van der Waals surface area contributed by atoms with Crippen LogP contribution in [0.2, 0.25) is 0 Å². The summed E-state index contributed by atoms with van der Waals surface area (Å²) in [4.78, 5) is 9.82. The molecule has 0 bridgehead atoms. The van der Waals surface area contributed by atoms with Crippen LogP contribution in [0, 0.1) is 19.7 Å². The number of nitrogens with two attached hydrogens (primary N) is 1. The molecule has 0 saturated heterocycles. The maximum atomic E-state index is 13.8. The topological polar surface area (TPSA) is 72.5 Å². The third-order valence-corrected chi connectivity index (χ3v) is 3.83. The second-order valence-corrected chi connectivity index (χ2v) is 6.08. The van der Waals surface area contributed by atoms with E-state index in [0.717, 1.165) is 6.07 Å². The van der Waals surface area contributed by atoms with Crippen molar-refractivity contribution < 1.29 is 32.2 Å². The fourth-order valence-corrected chi connectivity index (χ4v) is 2.65. The van der Waals surface area contributed by atoms with Gasteiger partial charge in [0, 0.05) is 24.6 Å². The molecule has 0 unspecified atom stereocenters. The summed E-state index contributed by atoms with van der Waals surface area (Å²) < 4.78 is 56.5. The van der Waals surface area contributed by atoms with E-state index in [1.165, 1.54) is 32.9 Å². The fraction of sp³-hybridized carbons (Fsp3) is 0.350. The molecule has 0 aliphatic carbocycles. The molecule has 2 aromatic carbocycles. The number of carbonyl (C=O) groups excluding carboxylic acids is 1. The van der Waals surface area contributed by atoms with Gasteiger partial charge < -0.3 is 15.6 Å². The Labute approximate surface area is 160 Å². The summed E-state index contributed by atoms with van der Waals surface area (Å²) in [6.07, 6.45) is -4.54. The van der Waals surface area contributed by atoms with E-state index in [1.54, 1.807) is 6.92 Å². The molecule has 154 valence electrons. The predicted molar refractivity (Wildman–Crippen MR) is 98.2 cm³/mol. The maximum Gasteiger partial charge on any atom is 0.416 e. The Morgan fingerprint density at radius 2 is 1.75 bits per heavy atom. The van der Waals surface area contributed by atoms with Crippen molar-refractivity contribution in [3.05, 3.63) is 52.3 Å². The lowest BCUT2D eigenvalue weighted by Crippen LogP contribution is -2.06. The molecular weight excluding hydrogens is 378 g/mol. The Balaban J connectivity index is 0.000000568. The van der Waals surface area contributed by atoms with Gasteiger partial charge in [-0.05, 0) is 61.7 Å². The molecule has 0 aliphatic rings. The molecule has 0 atom stereocenters. The summed E-state index contributed by atoms with van der Waals surface area (Å²) in [7, 11) is 0. The Morgan fingerprint density at radius 1 is 1.14 bits per heavy atom. The van der Waals surface area contributed by atoms with Gasteiger partial charge in [-0.15, -0.1) is 0 Å². The molecule has 0 saturated carbocycles. The summed E-state index contributed by atoms with van der Waals surface area (Å²) >= 11 is 0. The third-order valence-electron chi connectivity index (χ3n) is 3.83. The summed E-state index contributed by atoms with van der Waals surface area (Å²) in [5.74, 6) is -1.16. The summed E-state index contributed by atoms with van der Waals surface area (Å²) in [6.45, 7) is 6.61. The molecule has 0 aromatic heterocycles. The van der Waals surface area contributed by atoms with E-state index in [-0.39, 0.29) is 29.2 Å². The first-order valence-corrected chi connectivity index (χ1v) is 8.45. The molecule has 2 rings (SSSR count). The molecule has 0 amide bonds. The van der Waals surface area contributed by atoms with Crippen molar-refractivity contribution in [1.29, 1.82) is 0 Å². The number of esters is 1. The molecule has 2 aromatic rings. The van der Waals surface area contributed by atoms with Gasteiger partial charge in [-0.3, -0.25) is 4.79 Å². The van der Waals surface area contributed by atoms with Crippen molar-refractivity contribution in [3.8, 4) is 16.9 Å². The molecule has 0 radical (unpaired) electrons. The van der Waals surface area contributed by atoms with Crippen LogP contribution in [0.3, 0.4) is 0 Å². The van der Waals surface area contributed by atoms with Crippen LogP contribution in [-0.4, -0.2) is 17.7 Å². The van der Waals surface area contributed by atoms with E-state index in [0.29, 0.717) is 23.8 Å². The van der Waals surface area contributed by atoms with Crippen molar-refractivity contribution >= 4 is 5.97 Å². The number of aryl methyl sites for hydroxylation is 2. The van der Waals surface area contributed by atoms with Crippen LogP contribution < -0.4 is 5.73 Å². The lowest BCUT2D eigenvalue weighted by atomic mass is 9.94. The van der Waals surface area contributed by atoms with Gasteiger partial charge in [0.05, 0.1) is 12.2 Å². The summed E-state index contributed by atoms with van der Waals surface area (Å²) in [5, 5.41) is 9.99. The van der Waals surface area contributed by atoms with Gasteiger partial charge in [0.1, 0.15) is 11.6 Å². The van der Waals surface area contributed by atoms with E-state index >= 15 is 0 Å². The number of rotatable bonds is 3. The van der Waals surface area contributed by atoms with Gasteiger partial charge in [-0.1, -0.05) is 0 Å². The summed E-state index contributed by atoms with van der Waals surface area (Å²) in [6, 6.07) is 4.54. The van der Waals surface area contributed by atoms with E-state index in [2.05, 4.69) is 4.74 Å². The molecule has 4 nitrogen and oxygen atoms in total. The number of ether oxygens (including phenoxy) is 1. The zero-order chi connectivity index (χ0) is 21.6. The smallest absolute Gasteiger partial charge is 0.416 e. The van der Waals surface area contributed by atoms with E-state index < -0.39 is 23.3 Å². The highest BCUT2D eigenvalue weighted by Gasteiger charge is 2.32. The number of phenols is 1. The van der Waals surface area contributed by atoms with Crippen LogP contribution in [0.4, 0.5) is 17.6 Å². The Hall–Kier alpha value is -2.61. The fourth-order valence-electron chi connectivity index (χ4n) is 2.65. The van der Waals surface area contributed by atoms with Crippen molar-refractivity contribution in [2.45, 2.75) is 40.4 Å². The highest BCUT2D eigenvalue weighted by Crippen LogP contribution is 2.39. The van der Waals surface area contributed by atoms with Crippen LogP contribution in [0.25, 0.3) is 11.1 Å². The van der Waals surface area contributed by atoms with E-state index in [9.17, 15) is 27.5 Å². The number of hydrogen-bond acceptors (Lipinski definition) is 4. The second-order valence-electron chi connectivity index (χ2n) is 6.08. The minimum atomic E-state index is -4.54. The average Bonchev–Trinajstić information content (AvgIpc) is 2.56. The van der Waals surface area contributed by atoms with Gasteiger partial charge in [-0.25, -0.2) is 4.39 Å². The number of aromatic hydroxyl groups is 1. The van der Waals surface area contributed by atoms with Crippen LogP contribution in [-0.2, 0) is 22.3 Å². The predicted octanol–water partition coefficient (Wildman–Crippen LogP) is 4.86. The number of alkyl halides is 3. The SMILES string of the molecule is CCOC(C)=O.Cc1cc(-c2c(C)cc(C(F)(F)F)cc2O)cc(CN)c1F. The van der Waals surface area contributed by atoms with Crippen molar-refractivity contribution in [2.75, 3.05) is 6.61 Å². The van der Waals surface area contributed by atoms with Crippen LogP contribution >= 0.6 is 0 Å². The number of phenolic OH excluding ortho intramolecular Hbond substituents is 1. The first-order valence-electron chi connectivity index (χ1n) is 8.45. The Kier molecular flexibility index (Phi) is 7.99. The second kappa shape index (κ2) is 9.54. The van der Waals surface area contributed by atoms with Gasteiger partial charge >= 0.3 is 12.1 Å². The first-order chi connectivity index (χ1) is 12.9. The molecule has 8 heteroatoms. The Bertz CT molecular complexity index is 825. The van der Waals surface area contributed by atoms with Crippen molar-refractivity contribution in [1.82, 2.24) is 0 Å². The average molecular weight is 401 g/mol. The zero-order valence-electron chi connectivity index (χ0n) is 16.1. The molecule has 0 spiro atoms. The molecule has 3 N–H and O–H groups in total. The highest BCUT2D eigenvalue weighted by atomic mass is 19.4. The first kappa shape index (κ1) is 23.4. The molecule has 28 heavy (non-hydrogen) atoms. The van der Waals surface area contributed by atoms with Crippen LogP contribution in [0.1, 0.15) is 36.1 Å². The molecule has 0 fully saturated rings. The Morgan fingerprint density at radius 3 is 2.14 bits per heavy atom. The van der Waals surface area contributed by atoms with Gasteiger partial charge in [0.15, 0.2) is 0 Å². The maximum absolute atomic E-state index is 13.8. The minimum Gasteiger partial charge on any atom is -0.507 e. The largest absolute Gasteiger partial charge is 0.507 e. The van der Waals surface area contributed by atoms with Gasteiger partial charge in [0.25, 0.3) is 0 Å². The van der Waals surface area contributed by atoms with E-state index in [4.69, 9.17) is 5.73 Å². The third kappa shape index (κ3) is 5.95. The monoisotopic (exact) mass is 401 g/mol. The summed E-state index contributed by atoms with van der Waals surface area (Å²) in [5.41, 5.74) is 6.03. The van der Waals surface area contributed by atoms with Gasteiger partial charge in [-0.2, -0.15) is 13.2 Å². The number of halogens is 4. The van der Waals surface area contributed by atoms with Crippen LogP contribution in [0.15, 0.2) is 24.3 Å². The van der Waals surface area contributed by atoms with Crippen molar-refractivity contribution in [2.24, 2.45) is 5.73 Å². The van der Waals surface area contributed by atoms with E-state index in [1.807, 2.05) is 0 Å². The molecular formula is C20H23F4NO3. The van der Waals surface area contributed by atoms with Crippen molar-refractivity contribution in [3.63, 3.8) is 0 Å². The zero-order valence-corrected chi connectivity index (χ0v) is 16.1.